The van der Waals surface area contributed by atoms with E-state index in [1.807, 2.05) is 19.9 Å². The van der Waals surface area contributed by atoms with Crippen molar-refractivity contribution >= 4 is 30.0 Å². The van der Waals surface area contributed by atoms with Crippen LogP contribution in [0.4, 0.5) is 11.5 Å². The highest BCUT2D eigenvalue weighted by Crippen LogP contribution is 2.33. The van der Waals surface area contributed by atoms with E-state index in [1.54, 1.807) is 23.0 Å². The number of primary amides is 1. The number of ether oxygens (including phenoxy) is 1. The van der Waals surface area contributed by atoms with Crippen molar-refractivity contribution in [2.75, 3.05) is 18.5 Å². The molecule has 29 heavy (non-hydrogen) atoms. The molecule has 2 aromatic rings. The van der Waals surface area contributed by atoms with E-state index in [0.717, 1.165) is 5.56 Å². The minimum Gasteiger partial charge on any atom is -0.423 e. The van der Waals surface area contributed by atoms with Crippen molar-refractivity contribution in [3.8, 4) is 6.07 Å². The number of nitriles is 1. The van der Waals surface area contributed by atoms with Gasteiger partial charge in [0.15, 0.2) is 5.82 Å². The second-order valence-corrected chi connectivity index (χ2v) is 7.81. The topological polar surface area (TPSA) is 135 Å². The first kappa shape index (κ1) is 19.5. The van der Waals surface area contributed by atoms with E-state index in [1.165, 1.54) is 0 Å². The lowest BCUT2D eigenvalue weighted by Crippen LogP contribution is -2.29. The number of amides is 1. The molecule has 0 saturated carbocycles. The van der Waals surface area contributed by atoms with Gasteiger partial charge >= 0.3 is 7.12 Å². The predicted octanol–water partition coefficient (Wildman–Crippen LogP) is 0.780. The Labute approximate surface area is 168 Å². The Morgan fingerprint density at radius 3 is 3.03 bits per heavy atom. The summed E-state index contributed by atoms with van der Waals surface area (Å²) in [6.45, 7) is 4.63. The number of nitrogens with two attached hydrogens (primary N) is 1. The van der Waals surface area contributed by atoms with Crippen LogP contribution >= 0.6 is 0 Å². The molecule has 10 heteroatoms. The summed E-state index contributed by atoms with van der Waals surface area (Å²) in [5, 5.41) is 27.1. The quantitative estimate of drug-likeness (QED) is 0.651. The first-order valence-corrected chi connectivity index (χ1v) is 9.44. The minimum atomic E-state index is -0.969. The van der Waals surface area contributed by atoms with Crippen LogP contribution in [-0.2, 0) is 15.0 Å². The number of anilines is 2. The molecule has 1 amide bonds. The summed E-state index contributed by atoms with van der Waals surface area (Å²) in [5.74, 6) is -0.571. The Kier molecular flexibility index (Phi) is 4.82. The van der Waals surface area contributed by atoms with Gasteiger partial charge in [-0.25, -0.2) is 0 Å². The Balaban J connectivity index is 1.67. The molecule has 0 aliphatic carbocycles. The lowest BCUT2D eigenvalue weighted by molar-refractivity contribution is 0.0342. The molecule has 0 radical (unpaired) electrons. The number of rotatable bonds is 4. The van der Waals surface area contributed by atoms with E-state index in [2.05, 4.69) is 16.5 Å². The van der Waals surface area contributed by atoms with E-state index in [0.29, 0.717) is 36.6 Å². The van der Waals surface area contributed by atoms with Gasteiger partial charge in [-0.2, -0.15) is 10.4 Å². The van der Waals surface area contributed by atoms with Gasteiger partial charge in [-0.1, -0.05) is 6.07 Å². The van der Waals surface area contributed by atoms with Gasteiger partial charge in [0.2, 0.25) is 0 Å². The highest BCUT2D eigenvalue weighted by Gasteiger charge is 2.40. The molecule has 2 aliphatic heterocycles. The number of aromatic nitrogens is 2. The Hall–Kier alpha value is -2.87. The predicted molar refractivity (Wildman–Crippen MR) is 106 cm³/mol. The average molecular weight is 395 g/mol. The van der Waals surface area contributed by atoms with Crippen molar-refractivity contribution in [1.82, 2.24) is 9.78 Å². The summed E-state index contributed by atoms with van der Waals surface area (Å²) in [5.41, 5.74) is 7.37. The summed E-state index contributed by atoms with van der Waals surface area (Å²) in [6.07, 6.45) is 2.16. The van der Waals surface area contributed by atoms with Crippen LogP contribution in [0.15, 0.2) is 24.4 Å². The number of carbonyl (C=O) groups excluding carboxylic acids is 1. The first-order valence-electron chi connectivity index (χ1n) is 9.44. The van der Waals surface area contributed by atoms with Crippen LogP contribution in [0.5, 0.6) is 0 Å². The maximum absolute atomic E-state index is 12.0. The van der Waals surface area contributed by atoms with Crippen LogP contribution in [0.3, 0.4) is 0 Å². The molecule has 4 rings (SSSR count). The first-order chi connectivity index (χ1) is 13.8. The maximum atomic E-state index is 12.0. The summed E-state index contributed by atoms with van der Waals surface area (Å²) in [6, 6.07) is 7.41. The summed E-state index contributed by atoms with van der Waals surface area (Å²) < 4.78 is 12.7. The normalized spacial score (nSPS) is 22.8. The van der Waals surface area contributed by atoms with Gasteiger partial charge in [-0.3, -0.25) is 9.48 Å². The van der Waals surface area contributed by atoms with E-state index < -0.39 is 18.6 Å². The molecule has 0 bridgehead atoms. The molecule has 2 unspecified atom stereocenters. The third kappa shape index (κ3) is 3.48. The fourth-order valence-electron chi connectivity index (χ4n) is 3.88. The van der Waals surface area contributed by atoms with Crippen LogP contribution in [-0.4, -0.2) is 41.0 Å². The Morgan fingerprint density at radius 2 is 2.31 bits per heavy atom. The lowest BCUT2D eigenvalue weighted by atomic mass is 9.78. The molecule has 150 valence electrons. The molecule has 4 N–H and O–H groups in total. The van der Waals surface area contributed by atoms with Gasteiger partial charge in [0.1, 0.15) is 5.56 Å². The minimum absolute atomic E-state index is 0.225. The number of hydrogen-bond acceptors (Lipinski definition) is 7. The van der Waals surface area contributed by atoms with E-state index in [-0.39, 0.29) is 17.5 Å². The fourth-order valence-corrected chi connectivity index (χ4v) is 3.88. The van der Waals surface area contributed by atoms with Crippen LogP contribution in [0.1, 0.15) is 42.2 Å². The molecular formula is C19H22BN5O4. The van der Waals surface area contributed by atoms with Crippen LogP contribution < -0.4 is 16.5 Å². The number of benzene rings is 1. The van der Waals surface area contributed by atoms with Crippen molar-refractivity contribution in [2.24, 2.45) is 11.7 Å². The molecule has 1 aromatic carbocycles. The molecule has 2 atom stereocenters. The smallest absolute Gasteiger partial charge is 0.423 e. The average Bonchev–Trinajstić information content (AvgIpc) is 3.20. The summed E-state index contributed by atoms with van der Waals surface area (Å²) >= 11 is 0. The zero-order valence-electron chi connectivity index (χ0n) is 16.3. The molecule has 1 aromatic heterocycles. The summed E-state index contributed by atoms with van der Waals surface area (Å²) in [7, 11) is -0.969. The number of carbonyl (C=O) groups is 1. The molecule has 1 saturated heterocycles. The van der Waals surface area contributed by atoms with Gasteiger partial charge < -0.3 is 25.5 Å². The van der Waals surface area contributed by atoms with Crippen LogP contribution in [0, 0.1) is 17.2 Å². The van der Waals surface area contributed by atoms with E-state index in [9.17, 15) is 15.1 Å². The van der Waals surface area contributed by atoms with Gasteiger partial charge in [0.05, 0.1) is 30.2 Å². The largest absolute Gasteiger partial charge is 0.492 e. The molecule has 0 spiro atoms. The highest BCUT2D eigenvalue weighted by molar-refractivity contribution is 6.62. The Morgan fingerprint density at radius 1 is 1.52 bits per heavy atom. The number of nitrogens with zero attached hydrogens (tertiary/aromatic N) is 3. The van der Waals surface area contributed by atoms with Gasteiger partial charge in [-0.05, 0) is 43.4 Å². The van der Waals surface area contributed by atoms with Crippen LogP contribution in [0.25, 0.3) is 0 Å². The van der Waals surface area contributed by atoms with E-state index in [4.69, 9.17) is 15.1 Å². The van der Waals surface area contributed by atoms with Crippen molar-refractivity contribution in [3.63, 3.8) is 0 Å². The third-order valence-electron chi connectivity index (χ3n) is 5.47. The lowest BCUT2D eigenvalue weighted by Gasteiger charge is -2.26. The SMILES string of the molecule is CC1(C)OB(O)c2ccc(Nc3nn(C4COCCC4C#N)cc3C(N)=O)cc21. The molecule has 9 nitrogen and oxygen atoms in total. The highest BCUT2D eigenvalue weighted by atomic mass is 16.5. The molecular weight excluding hydrogens is 373 g/mol. The van der Waals surface area contributed by atoms with Gasteiger partial charge in [0.25, 0.3) is 5.91 Å². The zero-order chi connectivity index (χ0) is 20.8. The summed E-state index contributed by atoms with van der Waals surface area (Å²) in [4.78, 5) is 12.0. The third-order valence-corrected chi connectivity index (χ3v) is 5.47. The van der Waals surface area contributed by atoms with Crippen molar-refractivity contribution in [1.29, 1.82) is 5.26 Å². The van der Waals surface area contributed by atoms with Crippen molar-refractivity contribution in [3.05, 3.63) is 35.5 Å². The van der Waals surface area contributed by atoms with Crippen LogP contribution in [0.2, 0.25) is 0 Å². The van der Waals surface area contributed by atoms with Crippen molar-refractivity contribution in [2.45, 2.75) is 31.9 Å². The molecule has 1 fully saturated rings. The Bertz CT molecular complexity index is 999. The second-order valence-electron chi connectivity index (χ2n) is 7.81. The standard InChI is InChI=1S/C19H22BN5O4/c1-19(2)14-7-12(3-4-15(14)20(27)29-19)23-18-13(17(22)26)9-25(24-18)16-10-28-6-5-11(16)8-21/h3-4,7,9,11,16,27H,5-6,10H2,1-2H3,(H2,22,26)(H,23,24). The number of nitrogens with one attached hydrogen (secondary N) is 1. The van der Waals surface area contributed by atoms with Gasteiger partial charge in [0, 0.05) is 18.5 Å². The van der Waals surface area contributed by atoms with Gasteiger partial charge in [-0.15, -0.1) is 0 Å². The zero-order valence-corrected chi connectivity index (χ0v) is 16.3. The number of hydrogen-bond donors (Lipinski definition) is 3. The molecule has 3 heterocycles. The fraction of sp³-hybridized carbons (Fsp3) is 0.421. The van der Waals surface area contributed by atoms with E-state index >= 15 is 0 Å². The maximum Gasteiger partial charge on any atom is 0.492 e. The van der Waals surface area contributed by atoms with Crippen molar-refractivity contribution < 1.29 is 19.2 Å². The monoisotopic (exact) mass is 395 g/mol. The number of fused-ring (bicyclic) bond motifs is 1. The molecule has 2 aliphatic rings. The second kappa shape index (κ2) is 7.19.